The Bertz CT molecular complexity index is 516. The number of hydrogen-bond donors (Lipinski definition) is 1. The van der Waals surface area contributed by atoms with E-state index in [4.69, 9.17) is 11.2 Å². The van der Waals surface area contributed by atoms with Crippen LogP contribution in [-0.4, -0.2) is 24.8 Å². The Kier molecular flexibility index (Phi) is 5.97. The number of methoxy groups -OCH3 is 1. The maximum Gasteiger partial charge on any atom is 0.256 e. The van der Waals surface area contributed by atoms with Crippen LogP contribution in [0.15, 0.2) is 23.1 Å². The lowest BCUT2D eigenvalue weighted by Crippen LogP contribution is -2.46. The molecule has 20 heavy (non-hydrogen) atoms. The van der Waals surface area contributed by atoms with Gasteiger partial charge in [-0.3, -0.25) is 4.79 Å². The minimum absolute atomic E-state index is 0.198. The van der Waals surface area contributed by atoms with Crippen LogP contribution in [0.2, 0.25) is 0 Å². The van der Waals surface area contributed by atoms with Crippen molar-refractivity contribution in [1.29, 1.82) is 0 Å². The number of nitrogens with one attached hydrogen (secondary N) is 1. The van der Waals surface area contributed by atoms with Gasteiger partial charge < -0.3 is 10.1 Å². The average Bonchev–Trinajstić information content (AvgIpc) is 2.51. The molecule has 0 aliphatic carbocycles. The van der Waals surface area contributed by atoms with E-state index in [-0.39, 0.29) is 5.91 Å². The van der Waals surface area contributed by atoms with E-state index in [1.165, 1.54) is 0 Å². The van der Waals surface area contributed by atoms with Gasteiger partial charge in [0.25, 0.3) is 5.91 Å². The second-order valence-corrected chi connectivity index (χ2v) is 5.33. The zero-order chi connectivity index (χ0) is 15.2. The minimum Gasteiger partial charge on any atom is -0.496 e. The molecule has 0 aliphatic rings. The molecule has 1 aromatic rings. The lowest BCUT2D eigenvalue weighted by atomic mass is 9.93. The summed E-state index contributed by atoms with van der Waals surface area (Å²) >= 11 is 1.60. The van der Waals surface area contributed by atoms with Gasteiger partial charge in [0.15, 0.2) is 0 Å². The number of carbonyl (C=O) groups is 1. The molecule has 0 atom stereocenters. The predicted octanol–water partition coefficient (Wildman–Crippen LogP) is 3.34. The molecule has 0 bridgehead atoms. The van der Waals surface area contributed by atoms with Crippen LogP contribution in [0.25, 0.3) is 0 Å². The summed E-state index contributed by atoms with van der Waals surface area (Å²) in [6.45, 7) is 3.94. The molecule has 0 aliphatic heterocycles. The molecule has 0 aromatic heterocycles. The van der Waals surface area contributed by atoms with Crippen molar-refractivity contribution in [2.24, 2.45) is 0 Å². The van der Waals surface area contributed by atoms with Crippen molar-refractivity contribution in [3.8, 4) is 18.1 Å². The first kappa shape index (κ1) is 16.5. The number of ether oxygens (including phenoxy) is 1. The van der Waals surface area contributed by atoms with Crippen LogP contribution < -0.4 is 10.1 Å². The number of benzene rings is 1. The molecule has 4 heteroatoms. The summed E-state index contributed by atoms with van der Waals surface area (Å²) in [4.78, 5) is 13.5. The molecular weight excluding hydrogens is 270 g/mol. The molecule has 1 amide bonds. The van der Waals surface area contributed by atoms with Gasteiger partial charge in [-0.2, -0.15) is 0 Å². The van der Waals surface area contributed by atoms with Crippen molar-refractivity contribution in [3.05, 3.63) is 23.8 Å². The summed E-state index contributed by atoms with van der Waals surface area (Å²) in [5.41, 5.74) is -0.0906. The first-order valence-corrected chi connectivity index (χ1v) is 7.80. The molecule has 0 saturated heterocycles. The van der Waals surface area contributed by atoms with Crippen molar-refractivity contribution in [1.82, 2.24) is 5.32 Å². The first-order chi connectivity index (χ1) is 9.55. The van der Waals surface area contributed by atoms with Gasteiger partial charge in [0.1, 0.15) is 11.3 Å². The molecule has 1 N–H and O–H groups in total. The van der Waals surface area contributed by atoms with E-state index < -0.39 is 5.54 Å². The van der Waals surface area contributed by atoms with Gasteiger partial charge >= 0.3 is 0 Å². The number of thioether (sulfide) groups is 1. The summed E-state index contributed by atoms with van der Waals surface area (Å²) in [7, 11) is 1.56. The summed E-state index contributed by atoms with van der Waals surface area (Å²) in [5, 5.41) is 2.95. The molecule has 3 nitrogen and oxygen atoms in total. The average molecular weight is 291 g/mol. The lowest BCUT2D eigenvalue weighted by Gasteiger charge is -2.27. The van der Waals surface area contributed by atoms with Crippen molar-refractivity contribution in [3.63, 3.8) is 0 Å². The van der Waals surface area contributed by atoms with Gasteiger partial charge in [0.05, 0.1) is 12.7 Å². The van der Waals surface area contributed by atoms with Crippen LogP contribution in [0.4, 0.5) is 0 Å². The summed E-state index contributed by atoms with van der Waals surface area (Å²) in [5.74, 6) is 3.06. The summed E-state index contributed by atoms with van der Waals surface area (Å²) in [6, 6.07) is 5.53. The Labute approximate surface area is 125 Å². The number of terminal acetylenes is 1. The maximum atomic E-state index is 12.4. The Morgan fingerprint density at radius 1 is 1.45 bits per heavy atom. The number of amides is 1. The van der Waals surface area contributed by atoms with Crippen LogP contribution in [0.5, 0.6) is 5.75 Å². The molecule has 0 unspecified atom stereocenters. The topological polar surface area (TPSA) is 38.3 Å². The quantitative estimate of drug-likeness (QED) is 0.645. The second-order valence-electron chi connectivity index (χ2n) is 4.45. The first-order valence-electron chi connectivity index (χ1n) is 6.58. The third-order valence-electron chi connectivity index (χ3n) is 3.49. The van der Waals surface area contributed by atoms with E-state index in [1.54, 1.807) is 24.9 Å². The van der Waals surface area contributed by atoms with Crippen molar-refractivity contribution >= 4 is 17.7 Å². The van der Waals surface area contributed by atoms with E-state index in [0.29, 0.717) is 24.2 Å². The zero-order valence-corrected chi connectivity index (χ0v) is 13.3. The van der Waals surface area contributed by atoms with Crippen LogP contribution in [0, 0.1) is 12.3 Å². The number of carbonyl (C=O) groups excluding carboxylic acids is 1. The van der Waals surface area contributed by atoms with Crippen molar-refractivity contribution < 1.29 is 9.53 Å². The van der Waals surface area contributed by atoms with Gasteiger partial charge in [0.2, 0.25) is 0 Å². The normalized spacial score (nSPS) is 10.8. The fraction of sp³-hybridized carbons (Fsp3) is 0.438. The van der Waals surface area contributed by atoms with Crippen LogP contribution >= 0.6 is 11.8 Å². The lowest BCUT2D eigenvalue weighted by molar-refractivity contribution is 0.0913. The van der Waals surface area contributed by atoms with Gasteiger partial charge in [-0.05, 0) is 37.3 Å². The smallest absolute Gasteiger partial charge is 0.256 e. The highest BCUT2D eigenvalue weighted by atomic mass is 32.2. The van der Waals surface area contributed by atoms with Gasteiger partial charge in [0, 0.05) is 4.90 Å². The number of rotatable bonds is 6. The fourth-order valence-electron chi connectivity index (χ4n) is 1.94. The Morgan fingerprint density at radius 2 is 2.10 bits per heavy atom. The Hall–Kier alpha value is -1.60. The third kappa shape index (κ3) is 3.49. The molecule has 0 heterocycles. The molecule has 108 valence electrons. The highest BCUT2D eigenvalue weighted by Crippen LogP contribution is 2.26. The van der Waals surface area contributed by atoms with Crippen LogP contribution in [0.1, 0.15) is 37.0 Å². The van der Waals surface area contributed by atoms with Crippen LogP contribution in [-0.2, 0) is 0 Å². The largest absolute Gasteiger partial charge is 0.496 e. The molecular formula is C16H21NO2S. The van der Waals surface area contributed by atoms with E-state index in [2.05, 4.69) is 11.2 Å². The van der Waals surface area contributed by atoms with E-state index >= 15 is 0 Å². The summed E-state index contributed by atoms with van der Waals surface area (Å²) < 4.78 is 5.30. The van der Waals surface area contributed by atoms with E-state index in [9.17, 15) is 4.79 Å². The molecule has 1 aromatic carbocycles. The molecule has 0 fully saturated rings. The SMILES string of the molecule is C#CC(CC)(CC)NC(=O)c1ccc(SC)cc1OC. The van der Waals surface area contributed by atoms with E-state index in [1.807, 2.05) is 32.2 Å². The highest BCUT2D eigenvalue weighted by molar-refractivity contribution is 7.98. The molecule has 0 saturated carbocycles. The second kappa shape index (κ2) is 7.25. The van der Waals surface area contributed by atoms with Crippen molar-refractivity contribution in [2.45, 2.75) is 37.1 Å². The molecule has 0 radical (unpaired) electrons. The Balaban J connectivity index is 3.07. The monoisotopic (exact) mass is 291 g/mol. The third-order valence-corrected chi connectivity index (χ3v) is 4.21. The maximum absolute atomic E-state index is 12.4. The Morgan fingerprint density at radius 3 is 2.55 bits per heavy atom. The zero-order valence-electron chi connectivity index (χ0n) is 12.4. The van der Waals surface area contributed by atoms with Crippen LogP contribution in [0.3, 0.4) is 0 Å². The van der Waals surface area contributed by atoms with Gasteiger partial charge in [-0.15, -0.1) is 18.2 Å². The molecule has 0 spiro atoms. The van der Waals surface area contributed by atoms with E-state index in [0.717, 1.165) is 4.90 Å². The minimum atomic E-state index is -0.597. The highest BCUT2D eigenvalue weighted by Gasteiger charge is 2.27. The summed E-state index contributed by atoms with van der Waals surface area (Å²) in [6.07, 6.45) is 8.93. The fourth-order valence-corrected chi connectivity index (χ4v) is 2.37. The number of hydrogen-bond acceptors (Lipinski definition) is 3. The van der Waals surface area contributed by atoms with Crippen molar-refractivity contribution in [2.75, 3.05) is 13.4 Å². The van der Waals surface area contributed by atoms with Gasteiger partial charge in [-0.1, -0.05) is 19.8 Å². The predicted molar refractivity (Wildman–Crippen MR) is 84.4 cm³/mol. The van der Waals surface area contributed by atoms with Gasteiger partial charge in [-0.25, -0.2) is 0 Å². The molecule has 1 rings (SSSR count). The standard InChI is InChI=1S/C16H21NO2S/c1-6-16(7-2,8-3)17-15(18)13-10-9-12(20-5)11-14(13)19-4/h1,9-11H,7-8H2,2-5H3,(H,17,18).